The van der Waals surface area contributed by atoms with Gasteiger partial charge in [-0.05, 0) is 18.2 Å². The Morgan fingerprint density at radius 1 is 1.28 bits per heavy atom. The van der Waals surface area contributed by atoms with Crippen LogP contribution in [0.3, 0.4) is 0 Å². The lowest BCUT2D eigenvalue weighted by atomic mass is 10.2. The van der Waals surface area contributed by atoms with Crippen molar-refractivity contribution in [2.45, 2.75) is 6.04 Å². The van der Waals surface area contributed by atoms with Crippen molar-refractivity contribution in [1.29, 1.82) is 0 Å². The molecule has 29 heavy (non-hydrogen) atoms. The number of amides is 1. The summed E-state index contributed by atoms with van der Waals surface area (Å²) < 4.78 is 1.73. The van der Waals surface area contributed by atoms with E-state index in [9.17, 15) is 4.79 Å². The summed E-state index contributed by atoms with van der Waals surface area (Å²) in [7, 11) is 0. The Balaban J connectivity index is 1.39. The number of hydrogen-bond donors (Lipinski definition) is 3. The number of anilines is 2. The summed E-state index contributed by atoms with van der Waals surface area (Å²) in [6.45, 7) is 1.63. The van der Waals surface area contributed by atoms with Gasteiger partial charge in [-0.1, -0.05) is 23.7 Å². The van der Waals surface area contributed by atoms with Gasteiger partial charge in [0.1, 0.15) is 11.0 Å². The highest BCUT2D eigenvalue weighted by Gasteiger charge is 2.21. The molecule has 0 atom stereocenters. The second-order valence-electron chi connectivity index (χ2n) is 6.62. The minimum absolute atomic E-state index is 0.0633. The van der Waals surface area contributed by atoms with Gasteiger partial charge in [-0.25, -0.2) is 14.6 Å². The molecule has 1 fully saturated rings. The monoisotopic (exact) mass is 425 g/mol. The summed E-state index contributed by atoms with van der Waals surface area (Å²) in [6.07, 6.45) is 3.37. The van der Waals surface area contributed by atoms with Crippen LogP contribution in [-0.2, 0) is 0 Å². The van der Waals surface area contributed by atoms with E-state index in [0.29, 0.717) is 21.4 Å². The molecular weight excluding hydrogens is 410 g/mol. The predicted octanol–water partition coefficient (Wildman–Crippen LogP) is 2.98. The lowest BCUT2D eigenvalue weighted by Gasteiger charge is -2.27. The molecule has 0 radical (unpaired) electrons. The number of carbonyl (C=O) groups excluding carboxylic acids is 1. The summed E-state index contributed by atoms with van der Waals surface area (Å²) in [5.74, 6) is 0.372. The fourth-order valence-corrected chi connectivity index (χ4v) is 3.93. The van der Waals surface area contributed by atoms with E-state index in [2.05, 4.69) is 31.0 Å². The first kappa shape index (κ1) is 18.0. The molecule has 3 aromatic heterocycles. The minimum Gasteiger partial charge on any atom is -0.346 e. The molecule has 1 aliphatic heterocycles. The summed E-state index contributed by atoms with van der Waals surface area (Å²) in [6, 6.07) is 9.44. The van der Waals surface area contributed by atoms with Crippen LogP contribution in [0.1, 0.15) is 9.67 Å². The van der Waals surface area contributed by atoms with E-state index >= 15 is 0 Å². The van der Waals surface area contributed by atoms with Gasteiger partial charge in [-0.3, -0.25) is 4.79 Å². The number of fused-ring (bicyclic) bond motifs is 1. The molecule has 1 aromatic carbocycles. The highest BCUT2D eigenvalue weighted by molar-refractivity contribution is 7.12. The first-order valence-corrected chi connectivity index (χ1v) is 10.3. The van der Waals surface area contributed by atoms with Crippen LogP contribution in [0, 0.1) is 0 Å². The highest BCUT2D eigenvalue weighted by Crippen LogP contribution is 2.25. The van der Waals surface area contributed by atoms with E-state index in [1.54, 1.807) is 23.1 Å². The van der Waals surface area contributed by atoms with Crippen molar-refractivity contribution in [3.63, 3.8) is 0 Å². The van der Waals surface area contributed by atoms with Crippen LogP contribution in [0.15, 0.2) is 48.1 Å². The van der Waals surface area contributed by atoms with E-state index in [1.165, 1.54) is 11.3 Å². The first-order valence-electron chi connectivity index (χ1n) is 9.00. The molecule has 8 nitrogen and oxygen atoms in total. The third-order valence-corrected chi connectivity index (χ3v) is 5.86. The van der Waals surface area contributed by atoms with Crippen LogP contribution in [0.25, 0.3) is 16.7 Å². The number of benzene rings is 1. The fraction of sp³-hybridized carbons (Fsp3) is 0.158. The molecule has 1 aliphatic rings. The van der Waals surface area contributed by atoms with Gasteiger partial charge >= 0.3 is 0 Å². The van der Waals surface area contributed by atoms with Gasteiger partial charge in [-0.2, -0.15) is 5.10 Å². The van der Waals surface area contributed by atoms with Crippen molar-refractivity contribution >= 4 is 51.5 Å². The zero-order valence-electron chi connectivity index (χ0n) is 15.1. The Bertz CT molecular complexity index is 1200. The summed E-state index contributed by atoms with van der Waals surface area (Å²) in [4.78, 5) is 21.9. The number of nitrogens with zero attached hydrogens (tertiary/aromatic N) is 4. The standard InChI is InChI=1S/C19H16ClN7OS/c20-13-3-1-2-4-14(13)25-19-22-9-16-15(26-19)8-23-27(16)12-5-17(29-10-12)18(28)24-11-6-21-7-11/h1-5,8-11,21H,6-7H2,(H,24,28)(H,22,25,26). The maximum absolute atomic E-state index is 12.3. The summed E-state index contributed by atoms with van der Waals surface area (Å²) >= 11 is 7.57. The molecule has 0 spiro atoms. The molecule has 4 aromatic rings. The Morgan fingerprint density at radius 3 is 2.93 bits per heavy atom. The molecule has 0 saturated carbocycles. The Kier molecular flexibility index (Phi) is 4.62. The van der Waals surface area contributed by atoms with Crippen LogP contribution in [0.5, 0.6) is 0 Å². The van der Waals surface area contributed by atoms with E-state index in [4.69, 9.17) is 11.6 Å². The Morgan fingerprint density at radius 2 is 2.14 bits per heavy atom. The highest BCUT2D eigenvalue weighted by atomic mass is 35.5. The van der Waals surface area contributed by atoms with Crippen LogP contribution in [0.4, 0.5) is 11.6 Å². The first-order chi connectivity index (χ1) is 14.2. The average molecular weight is 426 g/mol. The van der Waals surface area contributed by atoms with Crippen LogP contribution >= 0.6 is 22.9 Å². The van der Waals surface area contributed by atoms with Crippen LogP contribution < -0.4 is 16.0 Å². The second kappa shape index (κ2) is 7.43. The molecular formula is C19H16ClN7OS. The van der Waals surface area contributed by atoms with E-state index in [0.717, 1.165) is 30.0 Å². The number of para-hydroxylation sites is 1. The van der Waals surface area contributed by atoms with Crippen molar-refractivity contribution < 1.29 is 4.79 Å². The van der Waals surface area contributed by atoms with Crippen LogP contribution in [-0.4, -0.2) is 44.8 Å². The molecule has 146 valence electrons. The molecule has 4 heterocycles. The number of carbonyl (C=O) groups is 1. The summed E-state index contributed by atoms with van der Waals surface area (Å²) in [5, 5.41) is 16.2. The molecule has 1 saturated heterocycles. The molecule has 0 aliphatic carbocycles. The molecule has 0 bridgehead atoms. The van der Waals surface area contributed by atoms with Gasteiger partial charge in [0, 0.05) is 18.5 Å². The maximum atomic E-state index is 12.3. The SMILES string of the molecule is O=C(NC1CNC1)c1cc(-n2ncc3nc(Nc4ccccc4Cl)ncc32)cs1. The van der Waals surface area contributed by atoms with Gasteiger partial charge in [-0.15, -0.1) is 11.3 Å². The zero-order valence-corrected chi connectivity index (χ0v) is 16.7. The molecule has 10 heteroatoms. The van der Waals surface area contributed by atoms with E-state index in [-0.39, 0.29) is 11.9 Å². The molecule has 1 amide bonds. The number of aromatic nitrogens is 4. The molecule has 3 N–H and O–H groups in total. The largest absolute Gasteiger partial charge is 0.346 e. The van der Waals surface area contributed by atoms with E-state index in [1.807, 2.05) is 29.6 Å². The van der Waals surface area contributed by atoms with Gasteiger partial charge in [0.05, 0.1) is 39.7 Å². The molecule has 0 unspecified atom stereocenters. The smallest absolute Gasteiger partial charge is 0.261 e. The third-order valence-electron chi connectivity index (χ3n) is 4.61. The zero-order chi connectivity index (χ0) is 19.8. The topological polar surface area (TPSA) is 96.8 Å². The van der Waals surface area contributed by atoms with Crippen molar-refractivity contribution in [3.05, 3.63) is 58.0 Å². The Hall–Kier alpha value is -3.01. The lowest BCUT2D eigenvalue weighted by molar-refractivity contribution is 0.0928. The van der Waals surface area contributed by atoms with Crippen molar-refractivity contribution in [2.24, 2.45) is 0 Å². The second-order valence-corrected chi connectivity index (χ2v) is 7.94. The third kappa shape index (κ3) is 3.55. The minimum atomic E-state index is -0.0633. The number of hydrogen-bond acceptors (Lipinski definition) is 7. The maximum Gasteiger partial charge on any atom is 0.261 e. The van der Waals surface area contributed by atoms with Crippen molar-refractivity contribution in [1.82, 2.24) is 30.4 Å². The quantitative estimate of drug-likeness (QED) is 0.455. The van der Waals surface area contributed by atoms with Gasteiger partial charge in [0.15, 0.2) is 0 Å². The number of nitrogens with one attached hydrogen (secondary N) is 3. The van der Waals surface area contributed by atoms with Crippen molar-refractivity contribution in [2.75, 3.05) is 18.4 Å². The Labute approximate surface area is 174 Å². The van der Waals surface area contributed by atoms with E-state index < -0.39 is 0 Å². The normalized spacial score (nSPS) is 14.0. The van der Waals surface area contributed by atoms with Gasteiger partial charge in [0.2, 0.25) is 5.95 Å². The van der Waals surface area contributed by atoms with Crippen LogP contribution in [0.2, 0.25) is 5.02 Å². The van der Waals surface area contributed by atoms with Gasteiger partial charge in [0.25, 0.3) is 5.91 Å². The number of rotatable bonds is 5. The fourth-order valence-electron chi connectivity index (χ4n) is 2.97. The van der Waals surface area contributed by atoms with Gasteiger partial charge < -0.3 is 16.0 Å². The van der Waals surface area contributed by atoms with Crippen molar-refractivity contribution in [3.8, 4) is 5.69 Å². The lowest BCUT2D eigenvalue weighted by Crippen LogP contribution is -2.56. The summed E-state index contributed by atoms with van der Waals surface area (Å²) in [5.41, 5.74) is 2.98. The number of halogens is 1. The average Bonchev–Trinajstić information content (AvgIpc) is 3.33. The number of thiophene rings is 1. The predicted molar refractivity (Wildman–Crippen MR) is 113 cm³/mol. The molecule has 5 rings (SSSR count).